The van der Waals surface area contributed by atoms with Crippen LogP contribution in [-0.4, -0.2) is 43.8 Å². The Hall–Kier alpha value is -1.92. The second-order valence-corrected chi connectivity index (χ2v) is 4.28. The van der Waals surface area contributed by atoms with Crippen molar-refractivity contribution in [1.29, 1.82) is 0 Å². The van der Waals surface area contributed by atoms with Crippen molar-refractivity contribution in [3.8, 4) is 0 Å². The van der Waals surface area contributed by atoms with Gasteiger partial charge in [0.05, 0.1) is 12.2 Å². The van der Waals surface area contributed by atoms with Crippen LogP contribution in [0.2, 0.25) is 0 Å². The topological polar surface area (TPSA) is 87.7 Å². The third-order valence-electron chi connectivity index (χ3n) is 2.66. The largest absolute Gasteiger partial charge is 0.478 e. The van der Waals surface area contributed by atoms with Crippen LogP contribution < -0.4 is 10.6 Å². The van der Waals surface area contributed by atoms with Crippen molar-refractivity contribution in [2.45, 2.75) is 13.0 Å². The highest BCUT2D eigenvalue weighted by Crippen LogP contribution is 2.04. The molecule has 0 aliphatic rings. The first kappa shape index (κ1) is 16.1. The zero-order valence-corrected chi connectivity index (χ0v) is 11.5. The van der Waals surface area contributed by atoms with Crippen molar-refractivity contribution in [1.82, 2.24) is 10.6 Å². The molecule has 6 nitrogen and oxygen atoms in total. The zero-order valence-electron chi connectivity index (χ0n) is 11.5. The van der Waals surface area contributed by atoms with Crippen molar-refractivity contribution >= 4 is 11.9 Å². The number of methoxy groups -OCH3 is 1. The molecule has 1 rings (SSSR count). The molecule has 20 heavy (non-hydrogen) atoms. The Morgan fingerprint density at radius 3 is 2.80 bits per heavy atom. The molecule has 0 bridgehead atoms. The van der Waals surface area contributed by atoms with E-state index in [0.717, 1.165) is 5.56 Å². The summed E-state index contributed by atoms with van der Waals surface area (Å²) in [6.45, 7) is 2.08. The van der Waals surface area contributed by atoms with E-state index in [4.69, 9.17) is 9.84 Å². The van der Waals surface area contributed by atoms with Gasteiger partial charge in [-0.3, -0.25) is 4.79 Å². The van der Waals surface area contributed by atoms with Crippen molar-refractivity contribution < 1.29 is 19.4 Å². The summed E-state index contributed by atoms with van der Waals surface area (Å²) in [5, 5.41) is 14.7. The quantitative estimate of drug-likeness (QED) is 0.577. The van der Waals surface area contributed by atoms with E-state index < -0.39 is 5.97 Å². The minimum atomic E-state index is -0.940. The molecule has 0 atom stereocenters. The second-order valence-electron chi connectivity index (χ2n) is 4.28. The van der Waals surface area contributed by atoms with Gasteiger partial charge in [-0.15, -0.1) is 0 Å². The zero-order chi connectivity index (χ0) is 14.8. The summed E-state index contributed by atoms with van der Waals surface area (Å²) >= 11 is 0. The second kappa shape index (κ2) is 9.06. The van der Waals surface area contributed by atoms with Crippen LogP contribution in [0.5, 0.6) is 0 Å². The highest BCUT2D eigenvalue weighted by atomic mass is 16.5. The predicted octanol–water partition coefficient (Wildman–Crippen LogP) is 0.627. The maximum atomic E-state index is 11.4. The van der Waals surface area contributed by atoms with Gasteiger partial charge < -0.3 is 20.5 Å². The molecule has 0 unspecified atom stereocenters. The number of hydrogen-bond acceptors (Lipinski definition) is 4. The summed E-state index contributed by atoms with van der Waals surface area (Å²) in [6, 6.07) is 6.72. The minimum absolute atomic E-state index is 0.0335. The first-order valence-corrected chi connectivity index (χ1v) is 6.42. The SMILES string of the molecule is COCCNC(=O)CCNCc1cccc(C(=O)O)c1. The third kappa shape index (κ3) is 6.31. The molecule has 0 spiro atoms. The number of carboxylic acids is 1. The molecule has 6 heteroatoms. The van der Waals surface area contributed by atoms with Crippen molar-refractivity contribution in [2.75, 3.05) is 26.8 Å². The molecule has 0 heterocycles. The van der Waals surface area contributed by atoms with Crippen LogP contribution >= 0.6 is 0 Å². The monoisotopic (exact) mass is 280 g/mol. The number of amides is 1. The molecular weight excluding hydrogens is 260 g/mol. The number of hydrogen-bond donors (Lipinski definition) is 3. The third-order valence-corrected chi connectivity index (χ3v) is 2.66. The average Bonchev–Trinajstić information content (AvgIpc) is 2.44. The molecule has 1 aromatic rings. The minimum Gasteiger partial charge on any atom is -0.478 e. The Morgan fingerprint density at radius 1 is 1.30 bits per heavy atom. The Kier molecular flexibility index (Phi) is 7.31. The molecule has 3 N–H and O–H groups in total. The van der Waals surface area contributed by atoms with Crippen molar-refractivity contribution in [3.05, 3.63) is 35.4 Å². The highest BCUT2D eigenvalue weighted by Gasteiger charge is 2.03. The van der Waals surface area contributed by atoms with Crippen LogP contribution in [0.15, 0.2) is 24.3 Å². The van der Waals surface area contributed by atoms with E-state index in [9.17, 15) is 9.59 Å². The fourth-order valence-corrected chi connectivity index (χ4v) is 1.63. The van der Waals surface area contributed by atoms with E-state index in [-0.39, 0.29) is 11.5 Å². The lowest BCUT2D eigenvalue weighted by Crippen LogP contribution is -2.29. The molecular formula is C14H20N2O4. The summed E-state index contributed by atoms with van der Waals surface area (Å²) in [7, 11) is 1.58. The number of ether oxygens (including phenoxy) is 1. The molecule has 0 aliphatic heterocycles. The van der Waals surface area contributed by atoms with E-state index in [2.05, 4.69) is 10.6 Å². The number of carbonyl (C=O) groups excluding carboxylic acids is 1. The molecule has 0 saturated heterocycles. The van der Waals surface area contributed by atoms with Gasteiger partial charge in [0.2, 0.25) is 5.91 Å². The molecule has 0 aliphatic carbocycles. The summed E-state index contributed by atoms with van der Waals surface area (Å²) < 4.78 is 4.83. The van der Waals surface area contributed by atoms with Crippen LogP contribution in [0.3, 0.4) is 0 Å². The van der Waals surface area contributed by atoms with Crippen molar-refractivity contribution in [3.63, 3.8) is 0 Å². The Bertz CT molecular complexity index is 449. The number of benzene rings is 1. The van der Waals surface area contributed by atoms with E-state index in [0.29, 0.717) is 32.7 Å². The lowest BCUT2D eigenvalue weighted by molar-refractivity contribution is -0.121. The van der Waals surface area contributed by atoms with Gasteiger partial charge in [-0.1, -0.05) is 12.1 Å². The van der Waals surface area contributed by atoms with Crippen LogP contribution in [0.1, 0.15) is 22.3 Å². The summed E-state index contributed by atoms with van der Waals surface area (Å²) in [4.78, 5) is 22.2. The lowest BCUT2D eigenvalue weighted by Gasteiger charge is -2.07. The maximum Gasteiger partial charge on any atom is 0.335 e. The molecule has 0 fully saturated rings. The van der Waals surface area contributed by atoms with E-state index >= 15 is 0 Å². The van der Waals surface area contributed by atoms with Gasteiger partial charge in [0.25, 0.3) is 0 Å². The Morgan fingerprint density at radius 2 is 2.10 bits per heavy atom. The van der Waals surface area contributed by atoms with Gasteiger partial charge in [-0.25, -0.2) is 4.79 Å². The summed E-state index contributed by atoms with van der Waals surface area (Å²) in [6.07, 6.45) is 0.377. The molecule has 1 amide bonds. The predicted molar refractivity (Wildman–Crippen MR) is 74.6 cm³/mol. The maximum absolute atomic E-state index is 11.4. The first-order chi connectivity index (χ1) is 9.63. The van der Waals surface area contributed by atoms with Gasteiger partial charge in [-0.2, -0.15) is 0 Å². The van der Waals surface area contributed by atoms with Gasteiger partial charge in [0, 0.05) is 33.2 Å². The Balaban J connectivity index is 2.22. The van der Waals surface area contributed by atoms with E-state index in [1.807, 2.05) is 6.07 Å². The molecule has 0 saturated carbocycles. The summed E-state index contributed by atoms with van der Waals surface area (Å²) in [5.74, 6) is -0.974. The van der Waals surface area contributed by atoms with Gasteiger partial charge in [-0.05, 0) is 17.7 Å². The number of nitrogens with one attached hydrogen (secondary N) is 2. The fourth-order valence-electron chi connectivity index (χ4n) is 1.63. The van der Waals surface area contributed by atoms with Crippen LogP contribution in [0.25, 0.3) is 0 Å². The first-order valence-electron chi connectivity index (χ1n) is 6.42. The highest BCUT2D eigenvalue weighted by molar-refractivity contribution is 5.87. The van der Waals surface area contributed by atoms with Gasteiger partial charge in [0.1, 0.15) is 0 Å². The number of aromatic carboxylic acids is 1. The number of rotatable bonds is 9. The molecule has 0 radical (unpaired) electrons. The van der Waals surface area contributed by atoms with Gasteiger partial charge in [0.15, 0.2) is 0 Å². The lowest BCUT2D eigenvalue weighted by atomic mass is 10.1. The molecule has 0 aromatic heterocycles. The molecule has 110 valence electrons. The summed E-state index contributed by atoms with van der Waals surface area (Å²) in [5.41, 5.74) is 1.14. The normalized spacial score (nSPS) is 10.2. The van der Waals surface area contributed by atoms with Crippen LogP contribution in [0, 0.1) is 0 Å². The average molecular weight is 280 g/mol. The number of carboxylic acid groups (broad SMARTS) is 1. The smallest absolute Gasteiger partial charge is 0.335 e. The fraction of sp³-hybridized carbons (Fsp3) is 0.429. The number of carbonyl (C=O) groups is 2. The van der Waals surface area contributed by atoms with Crippen molar-refractivity contribution in [2.24, 2.45) is 0 Å². The standard InChI is InChI=1S/C14H20N2O4/c1-20-8-7-16-13(17)5-6-15-10-11-3-2-4-12(9-11)14(18)19/h2-4,9,15H,5-8,10H2,1H3,(H,16,17)(H,18,19). The molecule has 1 aromatic carbocycles. The van der Waals surface area contributed by atoms with Gasteiger partial charge >= 0.3 is 5.97 Å². The van der Waals surface area contributed by atoms with E-state index in [1.165, 1.54) is 0 Å². The Labute approximate surface area is 118 Å². The van der Waals surface area contributed by atoms with Crippen LogP contribution in [-0.2, 0) is 16.1 Å². The van der Waals surface area contributed by atoms with E-state index in [1.54, 1.807) is 25.3 Å². The van der Waals surface area contributed by atoms with Crippen LogP contribution in [0.4, 0.5) is 0 Å².